The van der Waals surface area contributed by atoms with Crippen molar-refractivity contribution < 1.29 is 4.79 Å². The van der Waals surface area contributed by atoms with Crippen molar-refractivity contribution in [2.75, 3.05) is 0 Å². The van der Waals surface area contributed by atoms with Gasteiger partial charge in [-0.3, -0.25) is 14.8 Å². The first-order chi connectivity index (χ1) is 12.3. The number of hydrogen-bond acceptors (Lipinski definition) is 3. The number of amides is 1. The number of H-pyrrole nitrogens is 1. The molecule has 2 N–H and O–H groups in total. The van der Waals surface area contributed by atoms with Gasteiger partial charge < -0.3 is 10.3 Å². The molecule has 0 aliphatic heterocycles. The van der Waals surface area contributed by atoms with Crippen LogP contribution in [0.2, 0.25) is 0 Å². The zero-order valence-corrected chi connectivity index (χ0v) is 13.4. The quantitative estimate of drug-likeness (QED) is 0.602. The summed E-state index contributed by atoms with van der Waals surface area (Å²) < 4.78 is 0. The molecule has 4 aromatic rings. The van der Waals surface area contributed by atoms with Crippen molar-refractivity contribution in [3.8, 4) is 11.3 Å². The molecule has 0 aliphatic carbocycles. The van der Waals surface area contributed by atoms with Crippen molar-refractivity contribution in [1.82, 2.24) is 20.3 Å². The monoisotopic (exact) mass is 328 g/mol. The molecular formula is C20H16N4O. The summed E-state index contributed by atoms with van der Waals surface area (Å²) in [6.45, 7) is 0.443. The Bertz CT molecular complexity index is 1020. The third-order valence-electron chi connectivity index (χ3n) is 4.09. The van der Waals surface area contributed by atoms with Gasteiger partial charge in [-0.2, -0.15) is 0 Å². The first kappa shape index (κ1) is 15.1. The van der Waals surface area contributed by atoms with Crippen LogP contribution in [0.3, 0.4) is 0 Å². The number of fused-ring (bicyclic) bond motifs is 1. The lowest BCUT2D eigenvalue weighted by atomic mass is 10.1. The molecule has 0 saturated heterocycles. The molecule has 4 rings (SSSR count). The molecule has 3 aromatic heterocycles. The Morgan fingerprint density at radius 3 is 2.76 bits per heavy atom. The summed E-state index contributed by atoms with van der Waals surface area (Å²) in [6, 6.07) is 15.5. The highest BCUT2D eigenvalue weighted by Gasteiger charge is 2.11. The first-order valence-corrected chi connectivity index (χ1v) is 8.01. The van der Waals surface area contributed by atoms with E-state index in [2.05, 4.69) is 20.3 Å². The Kier molecular flexibility index (Phi) is 3.96. The number of para-hydroxylation sites is 1. The zero-order valence-electron chi connectivity index (χ0n) is 13.4. The summed E-state index contributed by atoms with van der Waals surface area (Å²) in [4.78, 5) is 24.0. The molecular weight excluding hydrogens is 312 g/mol. The minimum absolute atomic E-state index is 0.0975. The number of pyridine rings is 2. The van der Waals surface area contributed by atoms with E-state index < -0.39 is 0 Å². The van der Waals surface area contributed by atoms with Crippen LogP contribution in [0.5, 0.6) is 0 Å². The van der Waals surface area contributed by atoms with Gasteiger partial charge in [-0.25, -0.2) is 0 Å². The third-order valence-corrected chi connectivity index (χ3v) is 4.09. The number of nitrogens with zero attached hydrogens (tertiary/aromatic N) is 2. The van der Waals surface area contributed by atoms with E-state index in [1.807, 2.05) is 48.5 Å². The van der Waals surface area contributed by atoms with Crippen LogP contribution in [-0.4, -0.2) is 20.9 Å². The molecule has 0 unspecified atom stereocenters. The van der Waals surface area contributed by atoms with E-state index in [1.54, 1.807) is 24.8 Å². The van der Waals surface area contributed by atoms with Gasteiger partial charge in [0, 0.05) is 47.8 Å². The predicted octanol–water partition coefficient (Wildman–Crippen LogP) is 3.55. The number of nitrogens with one attached hydrogen (secondary N) is 2. The normalized spacial score (nSPS) is 10.7. The molecule has 25 heavy (non-hydrogen) atoms. The number of hydrogen-bond donors (Lipinski definition) is 2. The Labute approximate surface area is 144 Å². The van der Waals surface area contributed by atoms with E-state index in [1.165, 1.54) is 0 Å². The maximum atomic E-state index is 12.5. The average Bonchev–Trinajstić information content (AvgIpc) is 3.11. The number of carbonyl (C=O) groups is 1. The van der Waals surface area contributed by atoms with Gasteiger partial charge in [-0.05, 0) is 35.9 Å². The second-order valence-corrected chi connectivity index (χ2v) is 5.72. The number of aromatic amines is 1. The topological polar surface area (TPSA) is 70.7 Å². The lowest BCUT2D eigenvalue weighted by molar-refractivity contribution is 0.0952. The van der Waals surface area contributed by atoms with Gasteiger partial charge in [0.1, 0.15) is 0 Å². The summed E-state index contributed by atoms with van der Waals surface area (Å²) in [5.41, 5.74) is 4.46. The van der Waals surface area contributed by atoms with Crippen LogP contribution >= 0.6 is 0 Å². The maximum Gasteiger partial charge on any atom is 0.253 e. The predicted molar refractivity (Wildman–Crippen MR) is 96.9 cm³/mol. The van der Waals surface area contributed by atoms with Gasteiger partial charge >= 0.3 is 0 Å². The van der Waals surface area contributed by atoms with Crippen molar-refractivity contribution >= 4 is 16.8 Å². The molecule has 1 amide bonds. The van der Waals surface area contributed by atoms with Crippen molar-refractivity contribution in [3.63, 3.8) is 0 Å². The summed E-state index contributed by atoms with van der Waals surface area (Å²) in [7, 11) is 0. The van der Waals surface area contributed by atoms with Crippen LogP contribution in [0.15, 0.2) is 73.3 Å². The lowest BCUT2D eigenvalue weighted by Gasteiger charge is -2.07. The van der Waals surface area contributed by atoms with Crippen LogP contribution in [-0.2, 0) is 6.54 Å². The van der Waals surface area contributed by atoms with E-state index in [4.69, 9.17) is 0 Å². The smallest absolute Gasteiger partial charge is 0.253 e. The Balaban J connectivity index is 1.51. The molecule has 5 heteroatoms. The molecule has 3 heterocycles. The fourth-order valence-corrected chi connectivity index (χ4v) is 2.80. The van der Waals surface area contributed by atoms with Gasteiger partial charge in [0.25, 0.3) is 5.91 Å². The molecule has 0 spiro atoms. The van der Waals surface area contributed by atoms with Gasteiger partial charge in [0.05, 0.1) is 11.3 Å². The van der Waals surface area contributed by atoms with E-state index in [0.29, 0.717) is 12.1 Å². The second kappa shape index (κ2) is 6.57. The SMILES string of the molecule is O=C(NCc1ccnc(-c2ccncc2)c1)c1c[nH]c2ccccc12. The average molecular weight is 328 g/mol. The van der Waals surface area contributed by atoms with Crippen LogP contribution in [0.4, 0.5) is 0 Å². The highest BCUT2D eigenvalue weighted by Crippen LogP contribution is 2.18. The fraction of sp³-hybridized carbons (Fsp3) is 0.0500. The van der Waals surface area contributed by atoms with Crippen LogP contribution in [0.25, 0.3) is 22.2 Å². The van der Waals surface area contributed by atoms with Gasteiger partial charge in [-0.1, -0.05) is 18.2 Å². The van der Waals surface area contributed by atoms with Gasteiger partial charge in [0.15, 0.2) is 0 Å². The number of aromatic nitrogens is 3. The fourth-order valence-electron chi connectivity index (χ4n) is 2.80. The summed E-state index contributed by atoms with van der Waals surface area (Å²) >= 11 is 0. The molecule has 1 aromatic carbocycles. The highest BCUT2D eigenvalue weighted by atomic mass is 16.1. The van der Waals surface area contributed by atoms with E-state index >= 15 is 0 Å². The van der Waals surface area contributed by atoms with Crippen molar-refractivity contribution in [2.24, 2.45) is 0 Å². The Morgan fingerprint density at radius 2 is 1.88 bits per heavy atom. The summed E-state index contributed by atoms with van der Waals surface area (Å²) in [5.74, 6) is -0.0975. The van der Waals surface area contributed by atoms with E-state index in [9.17, 15) is 4.79 Å². The standard InChI is InChI=1S/C20H16N4O/c25-20(17-13-23-18-4-2-1-3-16(17)18)24-12-14-5-10-22-19(11-14)15-6-8-21-9-7-15/h1-11,13,23H,12H2,(H,24,25). The third kappa shape index (κ3) is 3.12. The number of rotatable bonds is 4. The molecule has 0 bridgehead atoms. The van der Waals surface area contributed by atoms with Crippen LogP contribution in [0, 0.1) is 0 Å². The van der Waals surface area contributed by atoms with Crippen molar-refractivity contribution in [3.05, 3.63) is 84.4 Å². The van der Waals surface area contributed by atoms with E-state index in [0.717, 1.165) is 27.7 Å². The van der Waals surface area contributed by atoms with Crippen molar-refractivity contribution in [2.45, 2.75) is 6.54 Å². The zero-order chi connectivity index (χ0) is 17.1. The molecule has 5 nitrogen and oxygen atoms in total. The molecule has 0 aliphatic rings. The van der Waals surface area contributed by atoms with Gasteiger partial charge in [-0.15, -0.1) is 0 Å². The minimum atomic E-state index is -0.0975. The maximum absolute atomic E-state index is 12.5. The summed E-state index contributed by atoms with van der Waals surface area (Å²) in [6.07, 6.45) is 6.98. The van der Waals surface area contributed by atoms with Crippen LogP contribution in [0.1, 0.15) is 15.9 Å². The summed E-state index contributed by atoms with van der Waals surface area (Å²) in [5, 5.41) is 3.90. The largest absolute Gasteiger partial charge is 0.360 e. The Hall–Kier alpha value is -3.47. The Morgan fingerprint density at radius 1 is 1.04 bits per heavy atom. The molecule has 122 valence electrons. The molecule has 0 atom stereocenters. The van der Waals surface area contributed by atoms with Crippen molar-refractivity contribution in [1.29, 1.82) is 0 Å². The molecule has 0 saturated carbocycles. The molecule has 0 fully saturated rings. The number of carbonyl (C=O) groups excluding carboxylic acids is 1. The second-order valence-electron chi connectivity index (χ2n) is 5.72. The van der Waals surface area contributed by atoms with Gasteiger partial charge in [0.2, 0.25) is 0 Å². The molecule has 0 radical (unpaired) electrons. The highest BCUT2D eigenvalue weighted by molar-refractivity contribution is 6.06. The minimum Gasteiger partial charge on any atom is -0.360 e. The van der Waals surface area contributed by atoms with Crippen LogP contribution < -0.4 is 5.32 Å². The first-order valence-electron chi connectivity index (χ1n) is 8.01. The number of benzene rings is 1. The van der Waals surface area contributed by atoms with E-state index in [-0.39, 0.29) is 5.91 Å². The lowest BCUT2D eigenvalue weighted by Crippen LogP contribution is -2.22.